The number of hydrazone groups is 1. The van der Waals surface area contributed by atoms with Gasteiger partial charge in [0.15, 0.2) is 0 Å². The first-order valence-electron chi connectivity index (χ1n) is 4.13. The van der Waals surface area contributed by atoms with Gasteiger partial charge in [0.25, 0.3) is 0 Å². The van der Waals surface area contributed by atoms with Gasteiger partial charge in [-0.1, -0.05) is 0 Å². The van der Waals surface area contributed by atoms with E-state index in [0.29, 0.717) is 12.6 Å². The minimum atomic E-state index is 0.264. The van der Waals surface area contributed by atoms with E-state index in [1.54, 1.807) is 0 Å². The molecule has 1 fully saturated rings. The maximum Gasteiger partial charge on any atom is 0.213 e. The van der Waals surface area contributed by atoms with Gasteiger partial charge in [-0.05, 0) is 13.3 Å². The molecular weight excluding hydrogens is 156 g/mol. The zero-order chi connectivity index (χ0) is 8.97. The van der Waals surface area contributed by atoms with Crippen molar-refractivity contribution >= 4 is 5.96 Å². The average Bonchev–Trinajstić information content (AvgIpc) is 2.28. The summed E-state index contributed by atoms with van der Waals surface area (Å²) >= 11 is 0. The number of guanidine groups is 1. The smallest absolute Gasteiger partial charge is 0.213 e. The summed E-state index contributed by atoms with van der Waals surface area (Å²) in [6.45, 7) is 4.39. The molecule has 1 unspecified atom stereocenters. The van der Waals surface area contributed by atoms with Crippen molar-refractivity contribution in [3.05, 3.63) is 0 Å². The lowest BCUT2D eigenvalue weighted by molar-refractivity contribution is 0.124. The Kier molecular flexibility index (Phi) is 3.16. The third-order valence-electron chi connectivity index (χ3n) is 2.01. The van der Waals surface area contributed by atoms with Crippen LogP contribution in [0.3, 0.4) is 0 Å². The summed E-state index contributed by atoms with van der Waals surface area (Å²) < 4.78 is 5.34. The number of rotatable bonds is 0. The van der Waals surface area contributed by atoms with Gasteiger partial charge in [0.2, 0.25) is 5.96 Å². The van der Waals surface area contributed by atoms with Crippen LogP contribution in [0.4, 0.5) is 0 Å². The molecule has 0 saturated carbocycles. The summed E-state index contributed by atoms with van der Waals surface area (Å²) in [5.74, 6) is 5.49. The Morgan fingerprint density at radius 3 is 3.08 bits per heavy atom. The molecule has 1 aliphatic heterocycles. The van der Waals surface area contributed by atoms with Crippen LogP contribution in [0, 0.1) is 0 Å². The zero-order valence-corrected chi connectivity index (χ0v) is 7.36. The third-order valence-corrected chi connectivity index (χ3v) is 2.01. The van der Waals surface area contributed by atoms with Gasteiger partial charge >= 0.3 is 0 Å². The van der Waals surface area contributed by atoms with Crippen molar-refractivity contribution in [2.24, 2.45) is 16.7 Å². The van der Waals surface area contributed by atoms with Crippen molar-refractivity contribution in [1.82, 2.24) is 4.90 Å². The molecule has 1 atom stereocenters. The summed E-state index contributed by atoms with van der Waals surface area (Å²) in [5.41, 5.74) is 5.60. The highest BCUT2D eigenvalue weighted by molar-refractivity contribution is 5.78. The first-order chi connectivity index (χ1) is 5.75. The standard InChI is InChI=1S/C7H16N4O/c1-6-5-12-4-2-3-11(6)7(8)10-9/h6H,2-5,9H2,1H3,(H2,8,10). The van der Waals surface area contributed by atoms with Crippen LogP contribution in [-0.4, -0.2) is 36.7 Å². The Labute approximate surface area is 72.3 Å². The van der Waals surface area contributed by atoms with Crippen LogP contribution in [0.5, 0.6) is 0 Å². The van der Waals surface area contributed by atoms with Crippen molar-refractivity contribution in [1.29, 1.82) is 0 Å². The van der Waals surface area contributed by atoms with E-state index in [0.717, 1.165) is 19.6 Å². The summed E-state index contributed by atoms with van der Waals surface area (Å²) in [7, 11) is 0. The van der Waals surface area contributed by atoms with E-state index in [1.165, 1.54) is 0 Å². The first kappa shape index (κ1) is 9.12. The minimum Gasteiger partial charge on any atom is -0.379 e. The Morgan fingerprint density at radius 1 is 1.67 bits per heavy atom. The molecular formula is C7H16N4O. The van der Waals surface area contributed by atoms with E-state index in [-0.39, 0.29) is 6.04 Å². The van der Waals surface area contributed by atoms with E-state index >= 15 is 0 Å². The summed E-state index contributed by atoms with van der Waals surface area (Å²) in [6, 6.07) is 0.264. The normalized spacial score (nSPS) is 26.9. The maximum absolute atomic E-state index is 5.60. The van der Waals surface area contributed by atoms with Crippen LogP contribution in [0.1, 0.15) is 13.3 Å². The number of hydrogen-bond donors (Lipinski definition) is 2. The number of nitrogens with zero attached hydrogens (tertiary/aromatic N) is 2. The monoisotopic (exact) mass is 172 g/mol. The predicted molar refractivity (Wildman–Crippen MR) is 47.4 cm³/mol. The lowest BCUT2D eigenvalue weighted by Gasteiger charge is -2.26. The van der Waals surface area contributed by atoms with E-state index in [4.69, 9.17) is 16.3 Å². The second kappa shape index (κ2) is 4.15. The molecule has 70 valence electrons. The van der Waals surface area contributed by atoms with Crippen molar-refractivity contribution in [2.75, 3.05) is 19.8 Å². The van der Waals surface area contributed by atoms with Crippen LogP contribution in [-0.2, 0) is 4.74 Å². The Balaban J connectivity index is 2.59. The molecule has 0 aromatic rings. The SMILES string of the molecule is CC1COCCCN1/C(N)=N/N. The molecule has 1 heterocycles. The molecule has 0 aliphatic carbocycles. The molecule has 1 saturated heterocycles. The predicted octanol–water partition coefficient (Wildman–Crippen LogP) is -0.714. The van der Waals surface area contributed by atoms with Gasteiger partial charge < -0.3 is 21.2 Å². The molecule has 0 aromatic heterocycles. The Morgan fingerprint density at radius 2 is 2.42 bits per heavy atom. The second-order valence-electron chi connectivity index (χ2n) is 2.96. The summed E-state index contributed by atoms with van der Waals surface area (Å²) in [6.07, 6.45) is 0.973. The molecule has 0 amide bonds. The van der Waals surface area contributed by atoms with Crippen LogP contribution >= 0.6 is 0 Å². The van der Waals surface area contributed by atoms with Crippen molar-refractivity contribution in [3.8, 4) is 0 Å². The average molecular weight is 172 g/mol. The van der Waals surface area contributed by atoms with Crippen LogP contribution in [0.25, 0.3) is 0 Å². The molecule has 0 radical (unpaired) electrons. The molecule has 1 aliphatic rings. The fourth-order valence-corrected chi connectivity index (χ4v) is 1.32. The first-order valence-corrected chi connectivity index (χ1v) is 4.13. The van der Waals surface area contributed by atoms with Crippen molar-refractivity contribution < 1.29 is 4.74 Å². The molecule has 4 N–H and O–H groups in total. The van der Waals surface area contributed by atoms with Crippen molar-refractivity contribution in [3.63, 3.8) is 0 Å². The van der Waals surface area contributed by atoms with Crippen LogP contribution in [0.2, 0.25) is 0 Å². The van der Waals surface area contributed by atoms with Gasteiger partial charge in [-0.2, -0.15) is 0 Å². The second-order valence-corrected chi connectivity index (χ2v) is 2.96. The minimum absolute atomic E-state index is 0.264. The molecule has 5 nitrogen and oxygen atoms in total. The number of ether oxygens (including phenoxy) is 1. The summed E-state index contributed by atoms with van der Waals surface area (Å²) in [4.78, 5) is 1.97. The summed E-state index contributed by atoms with van der Waals surface area (Å²) in [5, 5.41) is 3.47. The highest BCUT2D eigenvalue weighted by atomic mass is 16.5. The molecule has 1 rings (SSSR count). The van der Waals surface area contributed by atoms with Gasteiger partial charge in [-0.3, -0.25) is 0 Å². The number of nitrogens with two attached hydrogens (primary N) is 2. The highest BCUT2D eigenvalue weighted by Crippen LogP contribution is 2.05. The van der Waals surface area contributed by atoms with E-state index in [9.17, 15) is 0 Å². The largest absolute Gasteiger partial charge is 0.379 e. The third kappa shape index (κ3) is 2.01. The van der Waals surface area contributed by atoms with E-state index in [1.807, 2.05) is 11.8 Å². The van der Waals surface area contributed by atoms with Gasteiger partial charge in [-0.15, -0.1) is 5.10 Å². The number of hydrogen-bond acceptors (Lipinski definition) is 3. The molecule has 5 heteroatoms. The van der Waals surface area contributed by atoms with Gasteiger partial charge in [0, 0.05) is 13.2 Å². The van der Waals surface area contributed by atoms with Gasteiger partial charge in [0.05, 0.1) is 12.6 Å². The zero-order valence-electron chi connectivity index (χ0n) is 7.36. The molecule has 0 aromatic carbocycles. The maximum atomic E-state index is 5.60. The Bertz CT molecular complexity index is 171. The van der Waals surface area contributed by atoms with Gasteiger partial charge in [-0.25, -0.2) is 0 Å². The van der Waals surface area contributed by atoms with E-state index in [2.05, 4.69) is 5.10 Å². The van der Waals surface area contributed by atoms with Crippen LogP contribution < -0.4 is 11.6 Å². The quantitative estimate of drug-likeness (QED) is 0.219. The lowest BCUT2D eigenvalue weighted by atomic mass is 10.3. The fraction of sp³-hybridized carbons (Fsp3) is 0.857. The fourth-order valence-electron chi connectivity index (χ4n) is 1.32. The van der Waals surface area contributed by atoms with E-state index < -0.39 is 0 Å². The van der Waals surface area contributed by atoms with Crippen LogP contribution in [0.15, 0.2) is 5.10 Å². The molecule has 12 heavy (non-hydrogen) atoms. The van der Waals surface area contributed by atoms with Crippen molar-refractivity contribution in [2.45, 2.75) is 19.4 Å². The molecule has 0 bridgehead atoms. The van der Waals surface area contributed by atoms with Gasteiger partial charge in [0.1, 0.15) is 0 Å². The topological polar surface area (TPSA) is 76.9 Å². The lowest BCUT2D eigenvalue weighted by Crippen LogP contribution is -2.45. The molecule has 0 spiro atoms. The highest BCUT2D eigenvalue weighted by Gasteiger charge is 2.18. The Hall–Kier alpha value is -0.970.